The smallest absolute Gasteiger partial charge is 0.335 e. The van der Waals surface area contributed by atoms with Crippen molar-refractivity contribution < 1.29 is 39.6 Å². The summed E-state index contributed by atoms with van der Waals surface area (Å²) in [6.45, 7) is 10.1. The van der Waals surface area contributed by atoms with E-state index in [0.717, 1.165) is 36.8 Å². The molecule has 2 aromatic rings. The Morgan fingerprint density at radius 3 is 1.49 bits per heavy atom. The lowest BCUT2D eigenvalue weighted by molar-refractivity contribution is -0.151. The quantitative estimate of drug-likeness (QED) is 0.199. The zero-order chi connectivity index (χ0) is 39.2. The van der Waals surface area contributed by atoms with E-state index in [0.29, 0.717) is 42.8 Å². The third kappa shape index (κ3) is 5.91. The third-order valence-corrected chi connectivity index (χ3v) is 14.0. The third-order valence-electron chi connectivity index (χ3n) is 14.0. The number of carboxylic acids is 2. The lowest BCUT2D eigenvalue weighted by Crippen LogP contribution is -2.56. The standard InChI is InChI=1S/C45H50N2O8/c1-42(2)32(26-5-9-28(10-6-26)40(50)51)15-19-43(3)24-46(21-17-34(42)43)38(48)36-30-13-14-31(23-30)37(36)39(49)47-22-18-35-44(4,25-47)20-16-33(45(35,54)55)27-7-11-29(12-8-27)41(52)53/h5-12,15-18,30-31,36-37,54-55H,13-14,19-25H2,1-4H3,(H,50,51)(H,52,53)/t30?,31?,36?,37?,43-,44-/m1/s1. The summed E-state index contributed by atoms with van der Waals surface area (Å²) in [4.78, 5) is 55.9. The minimum Gasteiger partial charge on any atom is -0.478 e. The molecule has 4 unspecified atom stereocenters. The van der Waals surface area contributed by atoms with Gasteiger partial charge < -0.3 is 30.2 Å². The number of hydrogen-bond acceptors (Lipinski definition) is 6. The number of carbonyl (C=O) groups excluding carboxylic acids is 2. The molecule has 2 heterocycles. The maximum Gasteiger partial charge on any atom is 0.335 e. The number of aliphatic hydroxyl groups is 2. The van der Waals surface area contributed by atoms with Crippen LogP contribution in [0.5, 0.6) is 0 Å². The fourth-order valence-corrected chi connectivity index (χ4v) is 11.4. The number of nitrogens with zero attached hydrogens (tertiary/aromatic N) is 2. The monoisotopic (exact) mass is 746 g/mol. The van der Waals surface area contributed by atoms with Gasteiger partial charge in [0, 0.05) is 48.0 Å². The first-order chi connectivity index (χ1) is 25.9. The van der Waals surface area contributed by atoms with Gasteiger partial charge in [0.2, 0.25) is 17.6 Å². The number of hydrogen-bond donors (Lipinski definition) is 4. The molecule has 0 radical (unpaired) electrons. The van der Waals surface area contributed by atoms with Gasteiger partial charge in [0.15, 0.2) is 0 Å². The van der Waals surface area contributed by atoms with Crippen LogP contribution in [0.2, 0.25) is 0 Å². The van der Waals surface area contributed by atoms with E-state index in [-0.39, 0.29) is 58.1 Å². The number of aromatic carboxylic acids is 2. The minimum atomic E-state index is -2.29. The molecule has 288 valence electrons. The van der Waals surface area contributed by atoms with E-state index in [1.807, 2.05) is 28.9 Å². The van der Waals surface area contributed by atoms with E-state index in [9.17, 15) is 39.6 Å². The van der Waals surface area contributed by atoms with Crippen molar-refractivity contribution in [3.05, 3.63) is 106 Å². The van der Waals surface area contributed by atoms with E-state index in [2.05, 4.69) is 32.9 Å². The van der Waals surface area contributed by atoms with E-state index in [1.54, 1.807) is 36.4 Å². The average Bonchev–Trinajstić information content (AvgIpc) is 3.76. The number of rotatable bonds is 6. The van der Waals surface area contributed by atoms with Gasteiger partial charge in [-0.2, -0.15) is 0 Å². The van der Waals surface area contributed by atoms with Crippen LogP contribution in [-0.4, -0.2) is 85.9 Å². The molecule has 10 nitrogen and oxygen atoms in total. The van der Waals surface area contributed by atoms with Crippen LogP contribution in [-0.2, 0) is 9.59 Å². The van der Waals surface area contributed by atoms with E-state index in [1.165, 1.54) is 17.7 Å². The van der Waals surface area contributed by atoms with Crippen LogP contribution in [0.25, 0.3) is 11.1 Å². The summed E-state index contributed by atoms with van der Waals surface area (Å²) < 4.78 is 0. The van der Waals surface area contributed by atoms with Crippen molar-refractivity contribution in [3.8, 4) is 0 Å². The van der Waals surface area contributed by atoms with Crippen LogP contribution >= 0.6 is 0 Å². The molecule has 0 spiro atoms. The number of benzene rings is 2. The van der Waals surface area contributed by atoms with Crippen LogP contribution in [0.15, 0.2) is 84.0 Å². The van der Waals surface area contributed by atoms with E-state index < -0.39 is 29.1 Å². The van der Waals surface area contributed by atoms with Crippen molar-refractivity contribution >= 4 is 34.9 Å². The molecular formula is C45H50N2O8. The summed E-state index contributed by atoms with van der Waals surface area (Å²) in [6.07, 6.45) is 11.9. The maximum absolute atomic E-state index is 14.7. The Morgan fingerprint density at radius 2 is 1.02 bits per heavy atom. The van der Waals surface area contributed by atoms with Crippen molar-refractivity contribution in [2.24, 2.45) is 39.9 Å². The highest BCUT2D eigenvalue weighted by Crippen LogP contribution is 2.58. The molecule has 2 amide bonds. The molecule has 8 rings (SSSR count). The number of amides is 2. The molecule has 6 atom stereocenters. The molecule has 55 heavy (non-hydrogen) atoms. The first-order valence-electron chi connectivity index (χ1n) is 19.5. The Kier molecular flexibility index (Phi) is 8.70. The zero-order valence-corrected chi connectivity index (χ0v) is 31.9. The van der Waals surface area contributed by atoms with Gasteiger partial charge in [-0.05, 0) is 90.5 Å². The zero-order valence-electron chi connectivity index (χ0n) is 31.9. The molecule has 2 fully saturated rings. The lowest BCUT2D eigenvalue weighted by atomic mass is 9.58. The van der Waals surface area contributed by atoms with Crippen LogP contribution in [0.4, 0.5) is 0 Å². The predicted molar refractivity (Wildman–Crippen MR) is 206 cm³/mol. The molecule has 2 aromatic carbocycles. The van der Waals surface area contributed by atoms with Crippen molar-refractivity contribution in [1.29, 1.82) is 0 Å². The van der Waals surface area contributed by atoms with Gasteiger partial charge in [0.1, 0.15) is 0 Å². The van der Waals surface area contributed by atoms with Crippen LogP contribution in [0, 0.1) is 39.9 Å². The fourth-order valence-electron chi connectivity index (χ4n) is 11.4. The predicted octanol–water partition coefficient (Wildman–Crippen LogP) is 6.28. The van der Waals surface area contributed by atoms with E-state index >= 15 is 0 Å². The van der Waals surface area contributed by atoms with Gasteiger partial charge in [-0.3, -0.25) is 9.59 Å². The van der Waals surface area contributed by atoms with Gasteiger partial charge in [-0.25, -0.2) is 9.59 Å². The molecule has 2 bridgehead atoms. The summed E-state index contributed by atoms with van der Waals surface area (Å²) in [5.74, 6) is -4.77. The van der Waals surface area contributed by atoms with Crippen LogP contribution in [0.3, 0.4) is 0 Å². The van der Waals surface area contributed by atoms with E-state index in [4.69, 9.17) is 0 Å². The highest BCUT2D eigenvalue weighted by Gasteiger charge is 2.58. The second kappa shape index (κ2) is 12.9. The largest absolute Gasteiger partial charge is 0.478 e. The van der Waals surface area contributed by atoms with Crippen molar-refractivity contribution in [3.63, 3.8) is 0 Å². The van der Waals surface area contributed by atoms with Crippen molar-refractivity contribution in [2.45, 2.75) is 65.6 Å². The number of fused-ring (bicyclic) bond motifs is 4. The SMILES string of the molecule is CC1(C)C(c2ccc(C(=O)O)cc2)=CC[C@]2(C)CN(C(=O)C3C4CCC(C4)C3C(=O)N3CC=C4C(O)(O)C(c5ccc(C(=O)O)cc5)=CC[C@]4(C)C3)CC=C12. The Morgan fingerprint density at radius 1 is 0.600 bits per heavy atom. The van der Waals surface area contributed by atoms with Gasteiger partial charge in [0.05, 0.1) is 23.0 Å². The maximum atomic E-state index is 14.7. The Labute approximate surface area is 321 Å². The van der Waals surface area contributed by atoms with Crippen LogP contribution < -0.4 is 0 Å². The molecule has 4 aliphatic carbocycles. The Hall–Kier alpha value is -4.80. The summed E-state index contributed by atoms with van der Waals surface area (Å²) in [5, 5.41) is 41.8. The van der Waals surface area contributed by atoms with Crippen LogP contribution in [0.1, 0.15) is 91.6 Å². The van der Waals surface area contributed by atoms with Gasteiger partial charge in [0.25, 0.3) is 0 Å². The topological polar surface area (TPSA) is 156 Å². The molecule has 4 N–H and O–H groups in total. The first kappa shape index (κ1) is 37.1. The molecule has 6 aliphatic rings. The summed E-state index contributed by atoms with van der Waals surface area (Å²) in [5.41, 5.74) is 3.69. The number of allylic oxidation sites excluding steroid dienone is 3. The minimum absolute atomic E-state index is 0.0256. The Balaban J connectivity index is 0.997. The summed E-state index contributed by atoms with van der Waals surface area (Å²) >= 11 is 0. The molecule has 0 aromatic heterocycles. The molecular weight excluding hydrogens is 697 g/mol. The summed E-state index contributed by atoms with van der Waals surface area (Å²) in [7, 11) is 0. The normalized spacial score (nSPS) is 31.7. The number of carboxylic acid groups (broad SMARTS) is 2. The second-order valence-corrected chi connectivity index (χ2v) is 17.9. The number of carbonyl (C=O) groups is 4. The van der Waals surface area contributed by atoms with Gasteiger partial charge in [-0.1, -0.05) is 81.8 Å². The second-order valence-electron chi connectivity index (χ2n) is 17.9. The molecule has 2 aliphatic heterocycles. The highest BCUT2D eigenvalue weighted by molar-refractivity contribution is 5.91. The average molecular weight is 747 g/mol. The van der Waals surface area contributed by atoms with Gasteiger partial charge in [-0.15, -0.1) is 0 Å². The molecule has 0 saturated heterocycles. The summed E-state index contributed by atoms with van der Waals surface area (Å²) in [6, 6.07) is 13.1. The fraction of sp³-hybridized carbons (Fsp3) is 0.467. The molecule has 10 heteroatoms. The van der Waals surface area contributed by atoms with Crippen molar-refractivity contribution in [1.82, 2.24) is 9.80 Å². The van der Waals surface area contributed by atoms with Gasteiger partial charge >= 0.3 is 11.9 Å². The van der Waals surface area contributed by atoms with Crippen molar-refractivity contribution in [2.75, 3.05) is 26.2 Å². The molecule has 2 saturated carbocycles. The first-order valence-corrected chi connectivity index (χ1v) is 19.5. The Bertz CT molecular complexity index is 1960. The lowest BCUT2D eigenvalue weighted by Gasteiger charge is -2.51. The highest BCUT2D eigenvalue weighted by atomic mass is 16.5.